The van der Waals surface area contributed by atoms with Gasteiger partial charge in [-0.2, -0.15) is 0 Å². The second kappa shape index (κ2) is 7.05. The number of nitrogens with zero attached hydrogens (tertiary/aromatic N) is 3. The quantitative estimate of drug-likeness (QED) is 0.854. The van der Waals surface area contributed by atoms with Crippen LogP contribution in [0, 0.1) is 0 Å². The number of benzene rings is 1. The monoisotopic (exact) mass is 353 g/mol. The number of likely N-dealkylation sites (tertiary alicyclic amines) is 1. The SMILES string of the molecule is O=C(c1cncc(O)c1)N1CC[C@@H](N2CCc3ccccc3C2)[C@H](O)C1. The van der Waals surface area contributed by atoms with E-state index in [2.05, 4.69) is 34.1 Å². The van der Waals surface area contributed by atoms with Gasteiger partial charge < -0.3 is 15.1 Å². The zero-order chi connectivity index (χ0) is 18.1. The molecule has 4 rings (SSSR count). The number of amides is 1. The van der Waals surface area contributed by atoms with Gasteiger partial charge in [-0.15, -0.1) is 0 Å². The van der Waals surface area contributed by atoms with Crippen molar-refractivity contribution >= 4 is 5.91 Å². The molecule has 2 aromatic rings. The zero-order valence-corrected chi connectivity index (χ0v) is 14.6. The molecule has 1 saturated heterocycles. The number of β-amino-alcohol motifs (C(OH)–C–C–N with tert-alkyl or cyclic N) is 1. The smallest absolute Gasteiger partial charge is 0.255 e. The van der Waals surface area contributed by atoms with Crippen LogP contribution in [0.5, 0.6) is 5.75 Å². The third kappa shape index (κ3) is 3.30. The van der Waals surface area contributed by atoms with Gasteiger partial charge in [0.1, 0.15) is 5.75 Å². The Morgan fingerprint density at radius 3 is 2.73 bits per heavy atom. The van der Waals surface area contributed by atoms with Crippen LogP contribution in [0.15, 0.2) is 42.7 Å². The van der Waals surface area contributed by atoms with Crippen LogP contribution in [0.3, 0.4) is 0 Å². The molecule has 1 fully saturated rings. The van der Waals surface area contributed by atoms with E-state index in [9.17, 15) is 15.0 Å². The molecule has 2 aliphatic heterocycles. The van der Waals surface area contributed by atoms with Gasteiger partial charge in [0.05, 0.1) is 17.9 Å². The van der Waals surface area contributed by atoms with Gasteiger partial charge in [0.2, 0.25) is 0 Å². The van der Waals surface area contributed by atoms with E-state index in [1.165, 1.54) is 29.6 Å². The van der Waals surface area contributed by atoms with E-state index in [0.717, 1.165) is 25.9 Å². The molecule has 0 bridgehead atoms. The first-order valence-electron chi connectivity index (χ1n) is 9.04. The first kappa shape index (κ1) is 17.0. The van der Waals surface area contributed by atoms with E-state index in [-0.39, 0.29) is 17.7 Å². The summed E-state index contributed by atoms with van der Waals surface area (Å²) in [5.74, 6) is -0.229. The van der Waals surface area contributed by atoms with Gasteiger partial charge in [0.15, 0.2) is 0 Å². The van der Waals surface area contributed by atoms with E-state index < -0.39 is 6.10 Å². The second-order valence-corrected chi connectivity index (χ2v) is 7.10. The fourth-order valence-corrected chi connectivity index (χ4v) is 4.06. The highest BCUT2D eigenvalue weighted by atomic mass is 16.3. The van der Waals surface area contributed by atoms with Crippen LogP contribution in [0.2, 0.25) is 0 Å². The lowest BCUT2D eigenvalue weighted by Crippen LogP contribution is -2.56. The molecule has 3 heterocycles. The molecule has 0 radical (unpaired) electrons. The fourth-order valence-electron chi connectivity index (χ4n) is 4.06. The lowest BCUT2D eigenvalue weighted by molar-refractivity contribution is -0.0137. The minimum atomic E-state index is -0.580. The number of aromatic hydroxyl groups is 1. The first-order chi connectivity index (χ1) is 12.6. The van der Waals surface area contributed by atoms with Gasteiger partial charge in [-0.3, -0.25) is 14.7 Å². The highest BCUT2D eigenvalue weighted by Crippen LogP contribution is 2.26. The molecule has 136 valence electrons. The number of hydrogen-bond donors (Lipinski definition) is 2. The van der Waals surface area contributed by atoms with Gasteiger partial charge in [-0.05, 0) is 30.0 Å². The predicted octanol–water partition coefficient (Wildman–Crippen LogP) is 1.42. The summed E-state index contributed by atoms with van der Waals surface area (Å²) in [6.45, 7) is 2.68. The summed E-state index contributed by atoms with van der Waals surface area (Å²) in [4.78, 5) is 20.4. The molecular formula is C20H23N3O3. The summed E-state index contributed by atoms with van der Waals surface area (Å²) in [6.07, 6.45) is 3.90. The highest BCUT2D eigenvalue weighted by Gasteiger charge is 2.35. The number of piperidine rings is 1. The molecule has 0 spiro atoms. The minimum absolute atomic E-state index is 0.0294. The van der Waals surface area contributed by atoms with Crippen LogP contribution in [0.1, 0.15) is 27.9 Å². The Labute approximate surface area is 152 Å². The van der Waals surface area contributed by atoms with Gasteiger partial charge in [-0.1, -0.05) is 24.3 Å². The Kier molecular flexibility index (Phi) is 4.61. The van der Waals surface area contributed by atoms with Crippen molar-refractivity contribution in [3.05, 3.63) is 59.4 Å². The summed E-state index contributed by atoms with van der Waals surface area (Å²) in [5, 5.41) is 20.2. The van der Waals surface area contributed by atoms with Crippen LogP contribution >= 0.6 is 0 Å². The van der Waals surface area contributed by atoms with Crippen molar-refractivity contribution in [1.29, 1.82) is 0 Å². The Balaban J connectivity index is 1.42. The number of hydrogen-bond acceptors (Lipinski definition) is 5. The van der Waals surface area contributed by atoms with E-state index in [0.29, 0.717) is 18.7 Å². The topological polar surface area (TPSA) is 76.9 Å². The summed E-state index contributed by atoms with van der Waals surface area (Å²) >= 11 is 0. The van der Waals surface area contributed by atoms with Crippen molar-refractivity contribution < 1.29 is 15.0 Å². The zero-order valence-electron chi connectivity index (χ0n) is 14.6. The number of carbonyl (C=O) groups is 1. The Morgan fingerprint density at radius 1 is 1.15 bits per heavy atom. The number of rotatable bonds is 2. The summed E-state index contributed by atoms with van der Waals surface area (Å²) in [6, 6.07) is 9.94. The summed E-state index contributed by atoms with van der Waals surface area (Å²) in [7, 11) is 0. The maximum atomic E-state index is 12.6. The number of aliphatic hydroxyl groups is 1. The molecule has 0 unspecified atom stereocenters. The third-order valence-electron chi connectivity index (χ3n) is 5.43. The number of fused-ring (bicyclic) bond motifs is 1. The number of aliphatic hydroxyl groups excluding tert-OH is 1. The average molecular weight is 353 g/mol. The molecule has 2 N–H and O–H groups in total. The van der Waals surface area contributed by atoms with Gasteiger partial charge in [0, 0.05) is 38.4 Å². The Hall–Kier alpha value is -2.44. The van der Waals surface area contributed by atoms with E-state index in [4.69, 9.17) is 0 Å². The maximum absolute atomic E-state index is 12.6. The van der Waals surface area contributed by atoms with Crippen molar-refractivity contribution in [1.82, 2.24) is 14.8 Å². The predicted molar refractivity (Wildman–Crippen MR) is 96.8 cm³/mol. The van der Waals surface area contributed by atoms with Crippen LogP contribution in [0.25, 0.3) is 0 Å². The molecule has 0 aliphatic carbocycles. The second-order valence-electron chi connectivity index (χ2n) is 7.10. The van der Waals surface area contributed by atoms with Crippen molar-refractivity contribution in [3.8, 4) is 5.75 Å². The summed E-state index contributed by atoms with van der Waals surface area (Å²) < 4.78 is 0. The summed E-state index contributed by atoms with van der Waals surface area (Å²) in [5.41, 5.74) is 3.07. The van der Waals surface area contributed by atoms with Gasteiger partial charge in [-0.25, -0.2) is 0 Å². The fraction of sp³-hybridized carbons (Fsp3) is 0.400. The lowest BCUT2D eigenvalue weighted by Gasteiger charge is -2.43. The van der Waals surface area contributed by atoms with Crippen molar-refractivity contribution in [3.63, 3.8) is 0 Å². The molecule has 0 saturated carbocycles. The molecule has 6 heteroatoms. The van der Waals surface area contributed by atoms with Gasteiger partial charge in [0.25, 0.3) is 5.91 Å². The molecule has 2 atom stereocenters. The van der Waals surface area contributed by atoms with Crippen LogP contribution in [-0.4, -0.2) is 62.7 Å². The molecule has 1 aromatic heterocycles. The van der Waals surface area contributed by atoms with Crippen LogP contribution in [0.4, 0.5) is 0 Å². The van der Waals surface area contributed by atoms with Crippen LogP contribution < -0.4 is 0 Å². The maximum Gasteiger partial charge on any atom is 0.255 e. The number of carbonyl (C=O) groups excluding carboxylic acids is 1. The molecule has 26 heavy (non-hydrogen) atoms. The number of aromatic nitrogens is 1. The Bertz CT molecular complexity index is 810. The normalized spacial score (nSPS) is 23.5. The molecule has 1 aromatic carbocycles. The average Bonchev–Trinajstić information content (AvgIpc) is 2.67. The minimum Gasteiger partial charge on any atom is -0.506 e. The molecule has 2 aliphatic rings. The van der Waals surface area contributed by atoms with Crippen LogP contribution in [-0.2, 0) is 13.0 Å². The van der Waals surface area contributed by atoms with E-state index in [1.54, 1.807) is 4.90 Å². The lowest BCUT2D eigenvalue weighted by atomic mass is 9.94. The largest absolute Gasteiger partial charge is 0.506 e. The van der Waals surface area contributed by atoms with Gasteiger partial charge >= 0.3 is 0 Å². The van der Waals surface area contributed by atoms with Crippen molar-refractivity contribution in [2.24, 2.45) is 0 Å². The molecular weight excluding hydrogens is 330 g/mol. The third-order valence-corrected chi connectivity index (χ3v) is 5.43. The highest BCUT2D eigenvalue weighted by molar-refractivity contribution is 5.94. The Morgan fingerprint density at radius 2 is 1.96 bits per heavy atom. The standard InChI is InChI=1S/C20H23N3O3/c24-17-9-16(10-21-11-17)20(26)23-8-6-18(19(25)13-23)22-7-5-14-3-1-2-4-15(14)12-22/h1-4,9-11,18-19,24-25H,5-8,12-13H2/t18-,19-/m1/s1. The number of pyridine rings is 1. The molecule has 1 amide bonds. The van der Waals surface area contributed by atoms with Crippen molar-refractivity contribution in [2.45, 2.75) is 31.5 Å². The van der Waals surface area contributed by atoms with Crippen molar-refractivity contribution in [2.75, 3.05) is 19.6 Å². The first-order valence-corrected chi connectivity index (χ1v) is 9.04. The molecule has 6 nitrogen and oxygen atoms in total. The van der Waals surface area contributed by atoms with E-state index in [1.807, 2.05) is 0 Å². The van der Waals surface area contributed by atoms with E-state index >= 15 is 0 Å².